The van der Waals surface area contributed by atoms with Crippen molar-refractivity contribution in [3.63, 3.8) is 0 Å². The number of aliphatic hydroxyl groups is 1. The fourth-order valence-electron chi connectivity index (χ4n) is 6.15. The van der Waals surface area contributed by atoms with Gasteiger partial charge in [-0.1, -0.05) is 0 Å². The number of benzene rings is 1. The molecule has 1 atom stereocenters. The molecule has 0 unspecified atom stereocenters. The van der Waals surface area contributed by atoms with Crippen LogP contribution in [0.2, 0.25) is 0 Å². The molecule has 1 amide bonds. The lowest BCUT2D eigenvalue weighted by molar-refractivity contribution is -0.150. The molecule has 5 heterocycles. The van der Waals surface area contributed by atoms with E-state index in [9.17, 15) is 23.9 Å². The van der Waals surface area contributed by atoms with Crippen LogP contribution in [-0.4, -0.2) is 120 Å². The Hall–Kier alpha value is -4.65. The minimum atomic E-state index is -3.13. The van der Waals surface area contributed by atoms with Crippen molar-refractivity contribution in [1.29, 1.82) is 5.26 Å². The number of piperidine rings is 1. The highest BCUT2D eigenvalue weighted by atomic mass is 19.3. The van der Waals surface area contributed by atoms with Gasteiger partial charge in [-0.3, -0.25) is 9.69 Å². The van der Waals surface area contributed by atoms with Gasteiger partial charge in [0.25, 0.3) is 12.3 Å². The first-order valence-corrected chi connectivity index (χ1v) is 15.9. The number of amides is 1. The van der Waals surface area contributed by atoms with Crippen LogP contribution >= 0.6 is 0 Å². The molecule has 0 radical (unpaired) electrons. The molecule has 3 aliphatic heterocycles. The summed E-state index contributed by atoms with van der Waals surface area (Å²) in [6, 6.07) is 11.8. The summed E-state index contributed by atoms with van der Waals surface area (Å²) in [5, 5.41) is 22.5. The van der Waals surface area contributed by atoms with Crippen LogP contribution in [0, 0.1) is 18.3 Å². The summed E-state index contributed by atoms with van der Waals surface area (Å²) in [5.41, 5.74) is 3.36. The molecule has 2 aromatic heterocycles. The van der Waals surface area contributed by atoms with Crippen LogP contribution in [0.3, 0.4) is 0 Å². The number of rotatable bonds is 10. The number of hydrogen-bond acceptors (Lipinski definition) is 12. The minimum Gasteiger partial charge on any atom is -0.489 e. The first-order valence-electron chi connectivity index (χ1n) is 15.9. The lowest BCUT2D eigenvalue weighted by atomic mass is 10.0. The molecule has 15 heteroatoms. The molecule has 3 aliphatic rings. The van der Waals surface area contributed by atoms with Gasteiger partial charge in [-0.25, -0.2) is 18.7 Å². The predicted octanol–water partition coefficient (Wildman–Crippen LogP) is 2.99. The van der Waals surface area contributed by atoms with Crippen LogP contribution in [0.4, 0.5) is 26.2 Å². The molecule has 48 heavy (non-hydrogen) atoms. The van der Waals surface area contributed by atoms with Crippen LogP contribution < -0.4 is 19.7 Å². The van der Waals surface area contributed by atoms with Crippen LogP contribution in [0.1, 0.15) is 24.0 Å². The maximum Gasteiger partial charge on any atom is 0.273 e. The SMILES string of the molecule is COc1nc(Nc2nccc(-c3cc(C#N)c(OC4CCN(C(=O)[C@H](O)C(F)F)CC4)cc3C)n2)ccc1N1CCN(C2COC2)CC1. The maximum absolute atomic E-state index is 12.8. The highest BCUT2D eigenvalue weighted by molar-refractivity contribution is 5.81. The van der Waals surface area contributed by atoms with E-state index in [1.54, 1.807) is 31.5 Å². The monoisotopic (exact) mass is 664 g/mol. The van der Waals surface area contributed by atoms with E-state index in [2.05, 4.69) is 36.1 Å². The number of pyridine rings is 1. The van der Waals surface area contributed by atoms with E-state index in [1.165, 1.54) is 4.90 Å². The molecule has 3 aromatic rings. The number of carbonyl (C=O) groups excluding carboxylic acids is 1. The molecule has 13 nitrogen and oxygen atoms in total. The van der Waals surface area contributed by atoms with Gasteiger partial charge in [-0.05, 0) is 42.8 Å². The number of aryl methyl sites for hydroxylation is 1. The van der Waals surface area contributed by atoms with Crippen molar-refractivity contribution < 1.29 is 32.9 Å². The van der Waals surface area contributed by atoms with Gasteiger partial charge in [0.2, 0.25) is 11.8 Å². The standard InChI is InChI=1S/C33H38F2N8O5/c1-20-15-27(48-23-6-9-43(10-7-23)32(45)29(44)30(34)35)21(17-36)16-24(20)25-5-8-37-33(38-25)40-28-4-3-26(31(39-28)46-2)42-13-11-41(12-14-42)22-18-47-19-22/h3-5,8,15-16,22-23,29-30,44H,6-7,9-14,18-19H2,1-2H3,(H,37,38,39,40)/t29-/m1/s1. The number of ether oxygens (including phenoxy) is 3. The zero-order valence-corrected chi connectivity index (χ0v) is 26.8. The Bertz CT molecular complexity index is 1650. The molecular weight excluding hydrogens is 626 g/mol. The van der Waals surface area contributed by atoms with Crippen LogP contribution in [0.25, 0.3) is 11.3 Å². The molecule has 2 N–H and O–H groups in total. The van der Waals surface area contributed by atoms with Crippen molar-refractivity contribution in [3.05, 3.63) is 47.7 Å². The maximum atomic E-state index is 12.8. The lowest BCUT2D eigenvalue weighted by Gasteiger charge is -2.43. The smallest absolute Gasteiger partial charge is 0.273 e. The fraction of sp³-hybridized carbons (Fsp3) is 0.485. The van der Waals surface area contributed by atoms with Crippen molar-refractivity contribution in [1.82, 2.24) is 24.8 Å². The van der Waals surface area contributed by atoms with Crippen molar-refractivity contribution in [2.75, 3.05) is 69.8 Å². The number of aliphatic hydroxyl groups excluding tert-OH is 1. The molecular formula is C33H38F2N8O5. The third kappa shape index (κ3) is 7.25. The van der Waals surface area contributed by atoms with Gasteiger partial charge in [0.05, 0.1) is 37.6 Å². The van der Waals surface area contributed by atoms with Crippen molar-refractivity contribution in [2.24, 2.45) is 0 Å². The quantitative estimate of drug-likeness (QED) is 0.328. The summed E-state index contributed by atoms with van der Waals surface area (Å²) in [7, 11) is 1.60. The normalized spacial score (nSPS) is 18.3. The summed E-state index contributed by atoms with van der Waals surface area (Å²) < 4.78 is 42.6. The second kappa shape index (κ2) is 14.6. The molecule has 0 aliphatic carbocycles. The average molecular weight is 665 g/mol. The van der Waals surface area contributed by atoms with Crippen LogP contribution in [-0.2, 0) is 9.53 Å². The Morgan fingerprint density at radius 3 is 2.50 bits per heavy atom. The van der Waals surface area contributed by atoms with Gasteiger partial charge < -0.3 is 34.4 Å². The fourth-order valence-corrected chi connectivity index (χ4v) is 6.15. The third-order valence-electron chi connectivity index (χ3n) is 8.98. The molecule has 3 saturated heterocycles. The van der Waals surface area contributed by atoms with Gasteiger partial charge in [0.15, 0.2) is 6.10 Å². The Labute approximate surface area is 277 Å². The first kappa shape index (κ1) is 33.3. The van der Waals surface area contributed by atoms with Crippen LogP contribution in [0.5, 0.6) is 11.6 Å². The van der Waals surface area contributed by atoms with Gasteiger partial charge >= 0.3 is 0 Å². The van der Waals surface area contributed by atoms with Crippen LogP contribution in [0.15, 0.2) is 36.5 Å². The summed E-state index contributed by atoms with van der Waals surface area (Å²) in [6.07, 6.45) is -3.41. The summed E-state index contributed by atoms with van der Waals surface area (Å²) >= 11 is 0. The summed E-state index contributed by atoms with van der Waals surface area (Å²) in [4.78, 5) is 31.7. The highest BCUT2D eigenvalue weighted by Crippen LogP contribution is 2.33. The molecule has 0 bridgehead atoms. The number of nitrogens with one attached hydrogen (secondary N) is 1. The molecule has 6 rings (SSSR count). The number of methoxy groups -OCH3 is 1. The molecule has 3 fully saturated rings. The zero-order valence-electron chi connectivity index (χ0n) is 26.8. The van der Waals surface area contributed by atoms with E-state index in [0.29, 0.717) is 53.5 Å². The summed E-state index contributed by atoms with van der Waals surface area (Å²) in [6.45, 7) is 7.48. The van der Waals surface area contributed by atoms with E-state index in [-0.39, 0.29) is 19.2 Å². The molecule has 1 aromatic carbocycles. The van der Waals surface area contributed by atoms with E-state index >= 15 is 0 Å². The summed E-state index contributed by atoms with van der Waals surface area (Å²) in [5.74, 6) is 0.745. The van der Waals surface area contributed by atoms with Crippen molar-refractivity contribution >= 4 is 23.4 Å². The molecule has 0 spiro atoms. The van der Waals surface area contributed by atoms with E-state index in [1.807, 2.05) is 19.1 Å². The first-order chi connectivity index (χ1) is 23.2. The average Bonchev–Trinajstić information content (AvgIpc) is 3.07. The number of hydrogen-bond donors (Lipinski definition) is 2. The van der Waals surface area contributed by atoms with E-state index in [4.69, 9.17) is 14.2 Å². The van der Waals surface area contributed by atoms with Gasteiger partial charge in [0, 0.05) is 63.9 Å². The Balaban J connectivity index is 1.11. The third-order valence-corrected chi connectivity index (χ3v) is 8.98. The zero-order chi connectivity index (χ0) is 33.8. The number of halogens is 2. The second-order valence-corrected chi connectivity index (χ2v) is 12.0. The highest BCUT2D eigenvalue weighted by Gasteiger charge is 2.33. The predicted molar refractivity (Wildman–Crippen MR) is 172 cm³/mol. The van der Waals surface area contributed by atoms with Gasteiger partial charge in [-0.2, -0.15) is 10.2 Å². The number of likely N-dealkylation sites (tertiary alicyclic amines) is 1. The van der Waals surface area contributed by atoms with Gasteiger partial charge in [-0.15, -0.1) is 0 Å². The topological polar surface area (TPSA) is 149 Å². The molecule has 0 saturated carbocycles. The largest absolute Gasteiger partial charge is 0.489 e. The van der Waals surface area contributed by atoms with E-state index < -0.39 is 18.4 Å². The van der Waals surface area contributed by atoms with E-state index in [0.717, 1.165) is 56.2 Å². The van der Waals surface area contributed by atoms with Crippen molar-refractivity contribution in [2.45, 2.75) is 44.4 Å². The number of piperazine rings is 1. The number of alkyl halides is 2. The Morgan fingerprint density at radius 1 is 1.10 bits per heavy atom. The Morgan fingerprint density at radius 2 is 1.85 bits per heavy atom. The number of nitriles is 1. The number of aromatic nitrogens is 3. The minimum absolute atomic E-state index is 0.167. The second-order valence-electron chi connectivity index (χ2n) is 12.0. The molecule has 254 valence electrons. The van der Waals surface area contributed by atoms with Crippen molar-refractivity contribution in [3.8, 4) is 29.0 Å². The lowest BCUT2D eigenvalue weighted by Crippen LogP contribution is -2.56. The number of nitrogens with zero attached hydrogens (tertiary/aromatic N) is 7. The number of anilines is 3. The number of carbonyl (C=O) groups is 1. The van der Waals surface area contributed by atoms with Gasteiger partial charge in [0.1, 0.15) is 29.4 Å². The Kier molecular flexibility index (Phi) is 10.1.